The molecule has 4 rings (SSSR count). The number of carbonyl (C=O) groups is 2. The molecule has 0 spiro atoms. The smallest absolute Gasteiger partial charge is 0.383 e. The minimum absolute atomic E-state index is 0.0368. The minimum Gasteiger partial charge on any atom is -0.383 e. The number of carbonyl (C=O) groups excluding carboxylic acids is 2. The van der Waals surface area contributed by atoms with E-state index in [1.807, 2.05) is 28.9 Å². The van der Waals surface area contributed by atoms with E-state index in [2.05, 4.69) is 10.3 Å². The lowest BCUT2D eigenvalue weighted by Crippen LogP contribution is -2.40. The number of nitrogens with zero attached hydrogens (tertiary/aromatic N) is 3. The van der Waals surface area contributed by atoms with Gasteiger partial charge in [-0.05, 0) is 63.5 Å². The first-order valence-electron chi connectivity index (χ1n) is 12.2. The van der Waals surface area contributed by atoms with Gasteiger partial charge >= 0.3 is 6.18 Å². The number of rotatable bonds is 6. The highest BCUT2D eigenvalue weighted by atomic mass is 19.4. The molecule has 1 unspecified atom stereocenters. The molecule has 1 aliphatic carbocycles. The number of nitrogens with two attached hydrogens (primary N) is 1. The normalized spacial score (nSPS) is 26.7. The summed E-state index contributed by atoms with van der Waals surface area (Å²) in [6.45, 7) is 3.91. The van der Waals surface area contributed by atoms with Gasteiger partial charge in [-0.3, -0.25) is 9.59 Å². The summed E-state index contributed by atoms with van der Waals surface area (Å²) in [5.74, 6) is -0.713. The molecule has 1 saturated carbocycles. The van der Waals surface area contributed by atoms with Crippen molar-refractivity contribution in [3.05, 3.63) is 17.8 Å². The summed E-state index contributed by atoms with van der Waals surface area (Å²) in [4.78, 5) is 32.1. The van der Waals surface area contributed by atoms with Crippen molar-refractivity contribution in [2.24, 2.45) is 23.5 Å². The van der Waals surface area contributed by atoms with Crippen molar-refractivity contribution in [1.29, 1.82) is 0 Å². The van der Waals surface area contributed by atoms with Gasteiger partial charge in [-0.2, -0.15) is 13.2 Å². The average molecular weight is 482 g/mol. The number of amides is 2. The average Bonchev–Trinajstić information content (AvgIpc) is 3.20. The van der Waals surface area contributed by atoms with Crippen LogP contribution in [0.1, 0.15) is 50.6 Å². The summed E-state index contributed by atoms with van der Waals surface area (Å²) < 4.78 is 38.7. The van der Waals surface area contributed by atoms with Crippen LogP contribution in [0.5, 0.6) is 0 Å². The number of hydrogen-bond acceptors (Lipinski definition) is 5. The van der Waals surface area contributed by atoms with Crippen molar-refractivity contribution >= 4 is 23.3 Å². The first-order chi connectivity index (χ1) is 16.1. The maximum absolute atomic E-state index is 12.9. The lowest BCUT2D eigenvalue weighted by Gasteiger charge is -2.35. The largest absolute Gasteiger partial charge is 0.391 e. The molecule has 10 heteroatoms. The van der Waals surface area contributed by atoms with E-state index in [4.69, 9.17) is 5.73 Å². The predicted octanol–water partition coefficient (Wildman–Crippen LogP) is 3.47. The van der Waals surface area contributed by atoms with Crippen molar-refractivity contribution in [3.8, 4) is 0 Å². The lowest BCUT2D eigenvalue weighted by atomic mass is 9.85. The molecule has 0 bridgehead atoms. The molecule has 3 N–H and O–H groups in total. The van der Waals surface area contributed by atoms with Crippen molar-refractivity contribution < 1.29 is 22.8 Å². The van der Waals surface area contributed by atoms with E-state index in [0.717, 1.165) is 49.4 Å². The molecule has 1 aromatic rings. The molecule has 3 heterocycles. The van der Waals surface area contributed by atoms with Gasteiger partial charge in [0.1, 0.15) is 5.82 Å². The van der Waals surface area contributed by atoms with Crippen LogP contribution in [0.25, 0.3) is 0 Å². The summed E-state index contributed by atoms with van der Waals surface area (Å²) in [7, 11) is 0. The van der Waals surface area contributed by atoms with Gasteiger partial charge in [-0.25, -0.2) is 4.98 Å². The van der Waals surface area contributed by atoms with Gasteiger partial charge in [-0.1, -0.05) is 0 Å². The summed E-state index contributed by atoms with van der Waals surface area (Å²) in [6.07, 6.45) is 0.194. The van der Waals surface area contributed by atoms with Crippen molar-refractivity contribution in [2.45, 2.75) is 64.1 Å². The first-order valence-corrected chi connectivity index (χ1v) is 12.2. The Hall–Kier alpha value is -2.52. The van der Waals surface area contributed by atoms with Gasteiger partial charge in [0.05, 0.1) is 23.2 Å². The topological polar surface area (TPSA) is 91.6 Å². The van der Waals surface area contributed by atoms with E-state index in [0.29, 0.717) is 25.6 Å². The van der Waals surface area contributed by atoms with Crippen LogP contribution in [-0.4, -0.2) is 60.1 Å². The lowest BCUT2D eigenvalue weighted by molar-refractivity contribution is -0.179. The summed E-state index contributed by atoms with van der Waals surface area (Å²) in [5.41, 5.74) is 7.16. The standard InChI is InChI=1S/C24H34F3N5O2/c1-15-20(6-7-21(30-15)31-10-8-18(9-11-31)24(25,26)27)29-13-16-2-4-19(5-3-16)32-14-17(23(28)34)12-22(32)33/h6-7,16-19,29H,2-5,8-14H2,1H3,(H2,28,34). The van der Waals surface area contributed by atoms with Gasteiger partial charge < -0.3 is 20.9 Å². The molecule has 188 valence electrons. The van der Waals surface area contributed by atoms with Crippen LogP contribution in [-0.2, 0) is 9.59 Å². The zero-order valence-electron chi connectivity index (χ0n) is 19.6. The fourth-order valence-corrected chi connectivity index (χ4v) is 5.54. The molecule has 0 radical (unpaired) electrons. The fourth-order valence-electron chi connectivity index (χ4n) is 5.54. The SMILES string of the molecule is Cc1nc(N2CCC(C(F)(F)F)CC2)ccc1NCC1CCC(N2CC(C(N)=O)CC2=O)CC1. The van der Waals surface area contributed by atoms with Gasteiger partial charge in [0.25, 0.3) is 0 Å². The van der Waals surface area contributed by atoms with Crippen LogP contribution in [0.15, 0.2) is 12.1 Å². The molecule has 3 fully saturated rings. The Labute approximate surface area is 198 Å². The molecule has 3 aliphatic rings. The number of aryl methyl sites for hydroxylation is 1. The third-order valence-corrected chi connectivity index (χ3v) is 7.75. The number of nitrogens with one attached hydrogen (secondary N) is 1. The Morgan fingerprint density at radius 3 is 2.38 bits per heavy atom. The van der Waals surface area contributed by atoms with Crippen molar-refractivity contribution in [3.63, 3.8) is 0 Å². The second kappa shape index (κ2) is 10.00. The highest BCUT2D eigenvalue weighted by molar-refractivity contribution is 5.88. The molecular weight excluding hydrogens is 447 g/mol. The Balaban J connectivity index is 1.23. The second-order valence-electron chi connectivity index (χ2n) is 10.0. The van der Waals surface area contributed by atoms with E-state index >= 15 is 0 Å². The molecule has 0 aromatic carbocycles. The monoisotopic (exact) mass is 481 g/mol. The molecule has 1 atom stereocenters. The third-order valence-electron chi connectivity index (χ3n) is 7.75. The van der Waals surface area contributed by atoms with Gasteiger partial charge in [0.2, 0.25) is 11.8 Å². The van der Waals surface area contributed by atoms with Crippen LogP contribution in [0, 0.1) is 24.7 Å². The van der Waals surface area contributed by atoms with Gasteiger partial charge in [0.15, 0.2) is 0 Å². The summed E-state index contributed by atoms with van der Waals surface area (Å²) in [6, 6.07) is 4.04. The molecular formula is C24H34F3N5O2. The second-order valence-corrected chi connectivity index (χ2v) is 10.0. The predicted molar refractivity (Wildman–Crippen MR) is 123 cm³/mol. The quantitative estimate of drug-likeness (QED) is 0.649. The number of hydrogen-bond donors (Lipinski definition) is 2. The number of piperidine rings is 1. The van der Waals surface area contributed by atoms with E-state index in [1.54, 1.807) is 0 Å². The minimum atomic E-state index is -4.11. The molecule has 1 aromatic heterocycles. The third kappa shape index (κ3) is 5.58. The van der Waals surface area contributed by atoms with Crippen LogP contribution in [0.3, 0.4) is 0 Å². The number of primary amides is 1. The molecule has 7 nitrogen and oxygen atoms in total. The number of aromatic nitrogens is 1. The fraction of sp³-hybridized carbons (Fsp3) is 0.708. The van der Waals surface area contributed by atoms with E-state index in [1.165, 1.54) is 0 Å². The zero-order valence-corrected chi connectivity index (χ0v) is 19.6. The molecule has 2 saturated heterocycles. The Kier molecular flexibility index (Phi) is 7.23. The first kappa shape index (κ1) is 24.6. The number of halogens is 3. The van der Waals surface area contributed by atoms with Crippen molar-refractivity contribution in [1.82, 2.24) is 9.88 Å². The van der Waals surface area contributed by atoms with Crippen LogP contribution < -0.4 is 16.0 Å². The Morgan fingerprint density at radius 2 is 1.82 bits per heavy atom. The molecule has 2 amide bonds. The van der Waals surface area contributed by atoms with Crippen LogP contribution in [0.2, 0.25) is 0 Å². The summed E-state index contributed by atoms with van der Waals surface area (Å²) >= 11 is 0. The number of likely N-dealkylation sites (tertiary alicyclic amines) is 1. The molecule has 2 aliphatic heterocycles. The van der Waals surface area contributed by atoms with Gasteiger partial charge in [0, 0.05) is 38.6 Å². The van der Waals surface area contributed by atoms with E-state index in [-0.39, 0.29) is 37.1 Å². The highest BCUT2D eigenvalue weighted by Crippen LogP contribution is 2.36. The number of pyridine rings is 1. The number of alkyl halides is 3. The highest BCUT2D eigenvalue weighted by Gasteiger charge is 2.41. The van der Waals surface area contributed by atoms with Gasteiger partial charge in [-0.15, -0.1) is 0 Å². The molecule has 34 heavy (non-hydrogen) atoms. The Morgan fingerprint density at radius 1 is 1.15 bits per heavy atom. The van der Waals surface area contributed by atoms with E-state index in [9.17, 15) is 22.8 Å². The van der Waals surface area contributed by atoms with E-state index < -0.39 is 18.0 Å². The summed E-state index contributed by atoms with van der Waals surface area (Å²) in [5, 5.41) is 3.48. The maximum atomic E-state index is 12.9. The number of anilines is 2. The van der Waals surface area contributed by atoms with Crippen LogP contribution in [0.4, 0.5) is 24.7 Å². The van der Waals surface area contributed by atoms with Crippen molar-refractivity contribution in [2.75, 3.05) is 36.4 Å². The Bertz CT molecular complexity index is 893. The van der Waals surface area contributed by atoms with Crippen LogP contribution >= 0.6 is 0 Å². The maximum Gasteiger partial charge on any atom is 0.391 e. The zero-order chi connectivity index (χ0) is 24.5.